The van der Waals surface area contributed by atoms with Gasteiger partial charge in [-0.05, 0) is 32.4 Å². The molecule has 1 atom stereocenters. The number of methoxy groups -OCH3 is 1. The lowest BCUT2D eigenvalue weighted by Crippen LogP contribution is -2.12. The molecule has 1 unspecified atom stereocenters. The molecule has 0 aromatic carbocycles. The molecule has 4 nitrogen and oxygen atoms in total. The number of nitrogens with zero attached hydrogens (tertiary/aromatic N) is 1. The Kier molecular flexibility index (Phi) is 31.0. The fourth-order valence-corrected chi connectivity index (χ4v) is 3.99. The summed E-state index contributed by atoms with van der Waals surface area (Å²) in [4.78, 5) is 22.7. The van der Waals surface area contributed by atoms with Gasteiger partial charge >= 0.3 is 0 Å². The van der Waals surface area contributed by atoms with E-state index in [2.05, 4.69) is 36.2 Å². The number of aldehydes is 1. The second-order valence-electron chi connectivity index (χ2n) is 5.16. The highest BCUT2D eigenvalue weighted by atomic mass is 33.1. The Morgan fingerprint density at radius 3 is 2.17 bits per heavy atom. The van der Waals surface area contributed by atoms with Gasteiger partial charge in [-0.25, -0.2) is 0 Å². The van der Waals surface area contributed by atoms with E-state index in [9.17, 15) is 9.59 Å². The van der Waals surface area contributed by atoms with Crippen molar-refractivity contribution < 1.29 is 14.3 Å². The van der Waals surface area contributed by atoms with Gasteiger partial charge in [-0.1, -0.05) is 42.4 Å². The summed E-state index contributed by atoms with van der Waals surface area (Å²) in [6, 6.07) is 0. The van der Waals surface area contributed by atoms with Crippen LogP contribution in [0.3, 0.4) is 0 Å². The largest absolute Gasteiger partial charge is 0.388 e. The van der Waals surface area contributed by atoms with Gasteiger partial charge in [-0.3, -0.25) is 4.79 Å². The summed E-state index contributed by atoms with van der Waals surface area (Å²) in [7, 11) is 8.80. The minimum Gasteiger partial charge on any atom is -0.388 e. The van der Waals surface area contributed by atoms with E-state index in [0.29, 0.717) is 12.8 Å². The van der Waals surface area contributed by atoms with E-state index in [1.165, 1.54) is 19.5 Å². The smallest absolute Gasteiger partial charge is 0.186 e. The zero-order chi connectivity index (χ0) is 19.2. The maximum Gasteiger partial charge on any atom is 0.186 e. The van der Waals surface area contributed by atoms with E-state index in [4.69, 9.17) is 0 Å². The van der Waals surface area contributed by atoms with E-state index in [1.54, 1.807) is 35.8 Å². The van der Waals surface area contributed by atoms with E-state index >= 15 is 0 Å². The molecule has 24 heavy (non-hydrogen) atoms. The SMILES string of the molecule is CC.CC1CCN(C)C1.COC.O=CCCCSSCCC(=O)S. The summed E-state index contributed by atoms with van der Waals surface area (Å²) in [5.74, 6) is 2.74. The Bertz CT molecular complexity index is 261. The Labute approximate surface area is 163 Å². The molecule has 7 heteroatoms. The first-order valence-corrected chi connectivity index (χ1v) is 11.4. The van der Waals surface area contributed by atoms with E-state index in [1.807, 2.05) is 13.8 Å². The number of carbonyl (C=O) groups is 2. The number of ether oxygens (including phenoxy) is 1. The molecular formula is C17H37NO3S3. The van der Waals surface area contributed by atoms with E-state index in [0.717, 1.165) is 30.1 Å². The molecule has 1 rings (SSSR count). The van der Waals surface area contributed by atoms with Gasteiger partial charge in [0.25, 0.3) is 0 Å². The van der Waals surface area contributed by atoms with Crippen LogP contribution in [0.4, 0.5) is 0 Å². The molecule has 0 saturated carbocycles. The number of hydrogen-bond acceptors (Lipinski definition) is 6. The predicted octanol–water partition coefficient (Wildman–Crippen LogP) is 4.44. The molecule has 1 fully saturated rings. The Hall–Kier alpha value is 0.310. The summed E-state index contributed by atoms with van der Waals surface area (Å²) in [6.45, 7) is 8.92. The van der Waals surface area contributed by atoms with Crippen LogP contribution in [-0.4, -0.2) is 62.2 Å². The summed E-state index contributed by atoms with van der Waals surface area (Å²) >= 11 is 3.65. The number of unbranched alkanes of at least 4 members (excludes halogenated alkanes) is 1. The van der Waals surface area contributed by atoms with Gasteiger partial charge < -0.3 is 14.4 Å². The van der Waals surface area contributed by atoms with Gasteiger partial charge in [-0.2, -0.15) is 0 Å². The van der Waals surface area contributed by atoms with Crippen LogP contribution < -0.4 is 0 Å². The molecule has 146 valence electrons. The molecule has 1 heterocycles. The number of rotatable bonds is 8. The summed E-state index contributed by atoms with van der Waals surface area (Å²) < 4.78 is 4.25. The molecular weight excluding hydrogens is 362 g/mol. The maximum absolute atomic E-state index is 10.4. The van der Waals surface area contributed by atoms with Crippen molar-refractivity contribution >= 4 is 45.6 Å². The third-order valence-corrected chi connectivity index (χ3v) is 5.38. The quantitative estimate of drug-likeness (QED) is 0.282. The van der Waals surface area contributed by atoms with Crippen LogP contribution in [0.15, 0.2) is 0 Å². The zero-order valence-corrected chi connectivity index (χ0v) is 18.8. The van der Waals surface area contributed by atoms with Crippen LogP contribution >= 0.6 is 34.2 Å². The van der Waals surface area contributed by atoms with Crippen molar-refractivity contribution in [3.63, 3.8) is 0 Å². The van der Waals surface area contributed by atoms with Gasteiger partial charge in [0.2, 0.25) is 0 Å². The van der Waals surface area contributed by atoms with Crippen LogP contribution in [-0.2, 0) is 14.3 Å². The van der Waals surface area contributed by atoms with E-state index in [-0.39, 0.29) is 5.12 Å². The van der Waals surface area contributed by atoms with E-state index < -0.39 is 0 Å². The molecule has 0 radical (unpaired) electrons. The van der Waals surface area contributed by atoms with Gasteiger partial charge in [0.1, 0.15) is 6.29 Å². The Morgan fingerprint density at radius 2 is 1.83 bits per heavy atom. The minimum absolute atomic E-state index is 0.0593. The Balaban J connectivity index is -0.000000309. The van der Waals surface area contributed by atoms with Crippen molar-refractivity contribution in [2.45, 2.75) is 46.5 Å². The van der Waals surface area contributed by atoms with Crippen molar-refractivity contribution in [3.8, 4) is 0 Å². The lowest BCUT2D eigenvalue weighted by atomic mass is 10.2. The van der Waals surface area contributed by atoms with Crippen molar-refractivity contribution in [1.82, 2.24) is 4.90 Å². The average Bonchev–Trinajstić information content (AvgIpc) is 2.93. The molecule has 0 aromatic heterocycles. The lowest BCUT2D eigenvalue weighted by Gasteiger charge is -2.03. The monoisotopic (exact) mass is 399 g/mol. The lowest BCUT2D eigenvalue weighted by molar-refractivity contribution is -0.110. The van der Waals surface area contributed by atoms with Gasteiger partial charge in [0, 0.05) is 45.1 Å². The number of likely N-dealkylation sites (tertiary alicyclic amines) is 1. The third kappa shape index (κ3) is 30.2. The van der Waals surface area contributed by atoms with Crippen LogP contribution in [0.5, 0.6) is 0 Å². The Morgan fingerprint density at radius 1 is 1.29 bits per heavy atom. The number of carbonyl (C=O) groups excluding carboxylic acids is 2. The molecule has 0 bridgehead atoms. The first-order chi connectivity index (χ1) is 11.5. The summed E-state index contributed by atoms with van der Waals surface area (Å²) in [6.07, 6.45) is 4.42. The molecule has 0 amide bonds. The normalized spacial score (nSPS) is 15.9. The molecule has 0 aliphatic carbocycles. The highest BCUT2D eigenvalue weighted by Gasteiger charge is 2.13. The third-order valence-electron chi connectivity index (χ3n) is 2.66. The van der Waals surface area contributed by atoms with Crippen molar-refractivity contribution in [2.75, 3.05) is 45.9 Å². The first-order valence-electron chi connectivity index (χ1n) is 8.46. The highest BCUT2D eigenvalue weighted by molar-refractivity contribution is 8.76. The zero-order valence-electron chi connectivity index (χ0n) is 16.2. The second-order valence-corrected chi connectivity index (χ2v) is 8.36. The van der Waals surface area contributed by atoms with Gasteiger partial charge in [-0.15, -0.1) is 12.6 Å². The fraction of sp³-hybridized carbons (Fsp3) is 0.882. The molecule has 1 saturated heterocycles. The number of hydrogen-bond donors (Lipinski definition) is 1. The van der Waals surface area contributed by atoms with Crippen LogP contribution in [0.25, 0.3) is 0 Å². The fourth-order valence-electron chi connectivity index (χ4n) is 1.63. The molecule has 1 aliphatic rings. The average molecular weight is 400 g/mol. The predicted molar refractivity (Wildman–Crippen MR) is 114 cm³/mol. The molecule has 0 N–H and O–H groups in total. The topological polar surface area (TPSA) is 46.6 Å². The summed E-state index contributed by atoms with van der Waals surface area (Å²) in [5.41, 5.74) is 0. The molecule has 0 spiro atoms. The van der Waals surface area contributed by atoms with Crippen molar-refractivity contribution in [2.24, 2.45) is 5.92 Å². The van der Waals surface area contributed by atoms with Crippen molar-refractivity contribution in [1.29, 1.82) is 0 Å². The minimum atomic E-state index is -0.0593. The van der Waals surface area contributed by atoms with Crippen LogP contribution in [0, 0.1) is 5.92 Å². The van der Waals surface area contributed by atoms with Crippen LogP contribution in [0.2, 0.25) is 0 Å². The van der Waals surface area contributed by atoms with Gasteiger partial charge in [0.05, 0.1) is 0 Å². The first kappa shape index (κ1) is 29.1. The standard InChI is InChI=1S/C7H12O2S3.C6H13N.C2H6O.C2H6/c8-4-1-2-5-11-12-6-3-7(9)10;1-6-3-4-7(2)5-6;1-3-2;1-2/h4H,1-3,5-6H2,(H,9,10);6H,3-5H2,1-2H3;1-2H3;1-2H3. The second kappa shape index (κ2) is 25.5. The molecule has 0 aromatic rings. The summed E-state index contributed by atoms with van der Waals surface area (Å²) in [5, 5.41) is -0.0593. The number of thiol groups is 1. The molecule has 1 aliphatic heterocycles. The van der Waals surface area contributed by atoms with Crippen LogP contribution in [0.1, 0.15) is 46.5 Å². The highest BCUT2D eigenvalue weighted by Crippen LogP contribution is 2.23. The van der Waals surface area contributed by atoms with Crippen molar-refractivity contribution in [3.05, 3.63) is 0 Å². The maximum atomic E-state index is 10.4. The van der Waals surface area contributed by atoms with Gasteiger partial charge in [0.15, 0.2) is 5.12 Å².